The molecule has 120 valence electrons. The van der Waals surface area contributed by atoms with Gasteiger partial charge in [0.15, 0.2) is 0 Å². The Kier molecular flexibility index (Phi) is 4.03. The smallest absolute Gasteiger partial charge is 0.307 e. The molecular formula is C18H20N2O3. The van der Waals surface area contributed by atoms with Crippen LogP contribution in [0.15, 0.2) is 36.5 Å². The van der Waals surface area contributed by atoms with Crippen molar-refractivity contribution in [1.29, 1.82) is 0 Å². The lowest BCUT2D eigenvalue weighted by molar-refractivity contribution is -0.164. The first-order valence-corrected chi connectivity index (χ1v) is 7.83. The highest BCUT2D eigenvalue weighted by Crippen LogP contribution is 2.45. The highest BCUT2D eigenvalue weighted by molar-refractivity contribution is 5.87. The summed E-state index contributed by atoms with van der Waals surface area (Å²) in [6, 6.07) is 9.73. The molecule has 0 radical (unpaired) electrons. The van der Waals surface area contributed by atoms with Crippen LogP contribution in [0, 0.1) is 23.7 Å². The van der Waals surface area contributed by atoms with Crippen LogP contribution in [0.5, 0.6) is 0 Å². The maximum Gasteiger partial charge on any atom is 0.307 e. The Labute approximate surface area is 134 Å². The second-order valence-corrected chi connectivity index (χ2v) is 6.36. The van der Waals surface area contributed by atoms with Gasteiger partial charge >= 0.3 is 5.97 Å². The topological polar surface area (TPSA) is 79.3 Å². The lowest BCUT2D eigenvalue weighted by atomic mass is 9.57. The molecule has 1 aromatic carbocycles. The van der Waals surface area contributed by atoms with Gasteiger partial charge in [-0.05, 0) is 29.5 Å². The highest BCUT2D eigenvalue weighted by Gasteiger charge is 2.52. The van der Waals surface area contributed by atoms with Gasteiger partial charge in [0, 0.05) is 18.1 Å². The number of carbonyl (C=O) groups is 2. The molecule has 1 amide bonds. The lowest BCUT2D eigenvalue weighted by Crippen LogP contribution is -2.54. The van der Waals surface area contributed by atoms with Crippen LogP contribution in [0.2, 0.25) is 0 Å². The van der Waals surface area contributed by atoms with Crippen LogP contribution in [-0.2, 0) is 16.1 Å². The molecule has 0 saturated heterocycles. The number of carboxylic acids is 1. The number of fused-ring (bicyclic) bond motifs is 1. The Hall–Kier alpha value is -2.43. The van der Waals surface area contributed by atoms with Gasteiger partial charge in [-0.1, -0.05) is 32.0 Å². The molecule has 1 aliphatic carbocycles. The van der Waals surface area contributed by atoms with Crippen LogP contribution in [0.3, 0.4) is 0 Å². The normalized spacial score (nSPS) is 26.5. The Morgan fingerprint density at radius 2 is 1.91 bits per heavy atom. The lowest BCUT2D eigenvalue weighted by Gasteiger charge is -2.45. The summed E-state index contributed by atoms with van der Waals surface area (Å²) in [6.07, 6.45) is 1.74. The van der Waals surface area contributed by atoms with E-state index in [4.69, 9.17) is 0 Å². The van der Waals surface area contributed by atoms with Crippen molar-refractivity contribution in [2.24, 2.45) is 23.7 Å². The molecular weight excluding hydrogens is 292 g/mol. The number of pyridine rings is 1. The minimum Gasteiger partial charge on any atom is -0.481 e. The largest absolute Gasteiger partial charge is 0.481 e. The number of amides is 1. The Morgan fingerprint density at radius 3 is 2.65 bits per heavy atom. The number of benzene rings is 1. The van der Waals surface area contributed by atoms with Gasteiger partial charge in [0.1, 0.15) is 0 Å². The molecule has 4 atom stereocenters. The van der Waals surface area contributed by atoms with Gasteiger partial charge in [-0.2, -0.15) is 0 Å². The van der Waals surface area contributed by atoms with Crippen LogP contribution in [0.25, 0.3) is 10.9 Å². The van der Waals surface area contributed by atoms with Gasteiger partial charge in [-0.3, -0.25) is 14.6 Å². The van der Waals surface area contributed by atoms with Gasteiger partial charge in [-0.25, -0.2) is 0 Å². The molecule has 0 spiro atoms. The SMILES string of the molecule is CC1C(C)[C@H](C(=O)NCc2ccc3cccnc3c2)[C@@H]1C(=O)O. The number of rotatable bonds is 4. The molecule has 3 rings (SSSR count). The van der Waals surface area contributed by atoms with E-state index >= 15 is 0 Å². The number of nitrogens with zero attached hydrogens (tertiary/aromatic N) is 1. The Morgan fingerprint density at radius 1 is 1.17 bits per heavy atom. The zero-order valence-corrected chi connectivity index (χ0v) is 13.2. The molecule has 5 nitrogen and oxygen atoms in total. The van der Waals surface area contributed by atoms with Gasteiger partial charge in [0.2, 0.25) is 5.91 Å². The van der Waals surface area contributed by atoms with Gasteiger partial charge < -0.3 is 10.4 Å². The minimum atomic E-state index is -0.884. The molecule has 1 heterocycles. The minimum absolute atomic E-state index is 0.0353. The van der Waals surface area contributed by atoms with E-state index in [2.05, 4.69) is 10.3 Å². The first-order chi connectivity index (χ1) is 11.0. The first kappa shape index (κ1) is 15.5. The van der Waals surface area contributed by atoms with Crippen molar-refractivity contribution in [1.82, 2.24) is 10.3 Å². The number of carbonyl (C=O) groups excluding carboxylic acids is 1. The molecule has 23 heavy (non-hydrogen) atoms. The third kappa shape index (κ3) is 2.79. The molecule has 5 heteroatoms. The standard InChI is InChI=1S/C18H20N2O3/c1-10-11(2)16(18(22)23)15(10)17(21)20-9-12-5-6-13-4-3-7-19-14(13)8-12/h3-8,10-11,15-16H,9H2,1-2H3,(H,20,21)(H,22,23)/t10?,11?,15-,16+/m0/s1. The third-order valence-corrected chi connectivity index (χ3v) is 5.07. The predicted octanol–water partition coefficient (Wildman–Crippen LogP) is 2.45. The molecule has 2 aromatic rings. The Balaban J connectivity index is 1.67. The maximum absolute atomic E-state index is 12.3. The molecule has 1 fully saturated rings. The average molecular weight is 312 g/mol. The zero-order chi connectivity index (χ0) is 16.6. The number of nitrogens with one attached hydrogen (secondary N) is 1. The van der Waals surface area contributed by atoms with Gasteiger partial charge in [-0.15, -0.1) is 0 Å². The van der Waals surface area contributed by atoms with E-state index in [1.54, 1.807) is 6.20 Å². The first-order valence-electron chi connectivity index (χ1n) is 7.83. The average Bonchev–Trinajstić information content (AvgIpc) is 2.55. The van der Waals surface area contributed by atoms with Crippen LogP contribution in [0.4, 0.5) is 0 Å². The number of hydrogen-bond acceptors (Lipinski definition) is 3. The number of carboxylic acid groups (broad SMARTS) is 1. The van der Waals surface area contributed by atoms with Crippen molar-refractivity contribution >= 4 is 22.8 Å². The van der Waals surface area contributed by atoms with E-state index in [1.807, 2.05) is 44.2 Å². The molecule has 1 aliphatic rings. The fourth-order valence-electron chi connectivity index (χ4n) is 3.47. The summed E-state index contributed by atoms with van der Waals surface area (Å²) in [5.41, 5.74) is 1.84. The van der Waals surface area contributed by atoms with E-state index in [9.17, 15) is 14.7 Å². The monoisotopic (exact) mass is 312 g/mol. The summed E-state index contributed by atoms with van der Waals surface area (Å²) in [6.45, 7) is 4.21. The van der Waals surface area contributed by atoms with Gasteiger partial charge in [0.25, 0.3) is 0 Å². The van der Waals surface area contributed by atoms with Crippen LogP contribution in [-0.4, -0.2) is 22.0 Å². The summed E-state index contributed by atoms with van der Waals surface area (Å²) < 4.78 is 0. The van der Waals surface area contributed by atoms with Crippen molar-refractivity contribution in [3.63, 3.8) is 0 Å². The van der Waals surface area contributed by atoms with Crippen molar-refractivity contribution in [3.05, 3.63) is 42.1 Å². The van der Waals surface area contributed by atoms with E-state index in [1.165, 1.54) is 0 Å². The molecule has 0 bridgehead atoms. The summed E-state index contributed by atoms with van der Waals surface area (Å²) in [5, 5.41) is 13.2. The van der Waals surface area contributed by atoms with Crippen LogP contribution < -0.4 is 5.32 Å². The van der Waals surface area contributed by atoms with Crippen molar-refractivity contribution < 1.29 is 14.7 Å². The summed E-state index contributed by atoms with van der Waals surface area (Å²) in [5.74, 6) is -1.96. The van der Waals surface area contributed by atoms with Crippen LogP contribution in [0.1, 0.15) is 19.4 Å². The molecule has 2 N–H and O–H groups in total. The van der Waals surface area contributed by atoms with E-state index in [0.29, 0.717) is 6.54 Å². The molecule has 2 unspecified atom stereocenters. The Bertz CT molecular complexity index is 759. The fourth-order valence-corrected chi connectivity index (χ4v) is 3.47. The second-order valence-electron chi connectivity index (χ2n) is 6.36. The number of aliphatic carboxylic acids is 1. The predicted molar refractivity (Wildman–Crippen MR) is 86.5 cm³/mol. The summed E-state index contributed by atoms with van der Waals surface area (Å²) in [7, 11) is 0. The van der Waals surface area contributed by atoms with Crippen molar-refractivity contribution in [2.45, 2.75) is 20.4 Å². The van der Waals surface area contributed by atoms with E-state index in [0.717, 1.165) is 16.5 Å². The van der Waals surface area contributed by atoms with Crippen LogP contribution >= 0.6 is 0 Å². The second kappa shape index (κ2) is 5.99. The number of hydrogen-bond donors (Lipinski definition) is 2. The van der Waals surface area contributed by atoms with Crippen molar-refractivity contribution in [2.75, 3.05) is 0 Å². The van der Waals surface area contributed by atoms with Gasteiger partial charge in [0.05, 0.1) is 17.4 Å². The molecule has 0 aliphatic heterocycles. The summed E-state index contributed by atoms with van der Waals surface area (Å²) >= 11 is 0. The molecule has 1 aromatic heterocycles. The maximum atomic E-state index is 12.3. The molecule has 1 saturated carbocycles. The highest BCUT2D eigenvalue weighted by atomic mass is 16.4. The van der Waals surface area contributed by atoms with Crippen molar-refractivity contribution in [3.8, 4) is 0 Å². The zero-order valence-electron chi connectivity index (χ0n) is 13.2. The fraction of sp³-hybridized carbons (Fsp3) is 0.389. The van der Waals surface area contributed by atoms with E-state index in [-0.39, 0.29) is 17.7 Å². The van der Waals surface area contributed by atoms with E-state index < -0.39 is 17.8 Å². The summed E-state index contributed by atoms with van der Waals surface area (Å²) in [4.78, 5) is 27.9. The third-order valence-electron chi connectivity index (χ3n) is 5.07. The number of aromatic nitrogens is 1. The quantitative estimate of drug-likeness (QED) is 0.909.